The molecule has 0 saturated heterocycles. The van der Waals surface area contributed by atoms with Crippen molar-refractivity contribution in [3.63, 3.8) is 0 Å². The molecular formula is C11H18N2. The smallest absolute Gasteiger partial charge is 0.0441 e. The van der Waals surface area contributed by atoms with E-state index in [0.29, 0.717) is 0 Å². The third kappa shape index (κ3) is 1.72. The molecule has 13 heavy (non-hydrogen) atoms. The lowest BCUT2D eigenvalue weighted by Gasteiger charge is -2.09. The summed E-state index contributed by atoms with van der Waals surface area (Å²) in [4.78, 5) is 0. The minimum absolute atomic E-state index is 0.730. The van der Waals surface area contributed by atoms with Crippen molar-refractivity contribution in [3.8, 4) is 0 Å². The Labute approximate surface area is 79.8 Å². The molecule has 3 rings (SSSR count). The van der Waals surface area contributed by atoms with E-state index in [2.05, 4.69) is 10.5 Å². The van der Waals surface area contributed by atoms with Gasteiger partial charge in [0, 0.05) is 17.7 Å². The van der Waals surface area contributed by atoms with Crippen molar-refractivity contribution in [2.24, 2.45) is 16.9 Å². The monoisotopic (exact) mass is 178 g/mol. The molecule has 3 aliphatic rings. The van der Waals surface area contributed by atoms with Gasteiger partial charge in [0.25, 0.3) is 0 Å². The molecule has 3 fully saturated rings. The second-order valence-corrected chi connectivity index (χ2v) is 4.84. The Hall–Kier alpha value is -0.530. The Bertz CT molecular complexity index is 226. The van der Waals surface area contributed by atoms with Gasteiger partial charge < -0.3 is 5.43 Å². The maximum absolute atomic E-state index is 4.59. The fourth-order valence-corrected chi connectivity index (χ4v) is 2.39. The molecule has 3 aliphatic carbocycles. The van der Waals surface area contributed by atoms with Gasteiger partial charge in [0.1, 0.15) is 0 Å². The van der Waals surface area contributed by atoms with Gasteiger partial charge in [-0.15, -0.1) is 0 Å². The first-order valence-electron chi connectivity index (χ1n) is 5.75. The highest BCUT2D eigenvalue weighted by molar-refractivity contribution is 5.88. The number of hydrogen-bond donors (Lipinski definition) is 1. The zero-order chi connectivity index (χ0) is 8.67. The fraction of sp³-hybridized carbons (Fsp3) is 0.909. The van der Waals surface area contributed by atoms with Crippen molar-refractivity contribution in [3.05, 3.63) is 0 Å². The minimum Gasteiger partial charge on any atom is -0.307 e. The van der Waals surface area contributed by atoms with Crippen LogP contribution in [0, 0.1) is 11.8 Å². The molecule has 0 radical (unpaired) electrons. The van der Waals surface area contributed by atoms with Gasteiger partial charge in [-0.05, 0) is 50.9 Å². The number of rotatable bonds is 3. The van der Waals surface area contributed by atoms with Crippen molar-refractivity contribution in [1.82, 2.24) is 5.43 Å². The maximum Gasteiger partial charge on any atom is 0.0441 e. The molecule has 0 bridgehead atoms. The highest BCUT2D eigenvalue weighted by Gasteiger charge is 2.37. The van der Waals surface area contributed by atoms with E-state index >= 15 is 0 Å². The van der Waals surface area contributed by atoms with Crippen LogP contribution >= 0.6 is 0 Å². The molecule has 0 spiro atoms. The number of nitrogens with one attached hydrogen (secondary N) is 1. The quantitative estimate of drug-likeness (QED) is 0.659. The van der Waals surface area contributed by atoms with E-state index in [4.69, 9.17) is 0 Å². The summed E-state index contributed by atoms with van der Waals surface area (Å²) >= 11 is 0. The predicted octanol–water partition coefficient (Wildman–Crippen LogP) is 2.30. The van der Waals surface area contributed by atoms with Gasteiger partial charge in [-0.1, -0.05) is 0 Å². The topological polar surface area (TPSA) is 24.4 Å². The maximum atomic E-state index is 4.59. The summed E-state index contributed by atoms with van der Waals surface area (Å²) in [7, 11) is 0. The molecule has 2 nitrogen and oxygen atoms in total. The first kappa shape index (κ1) is 7.84. The van der Waals surface area contributed by atoms with Crippen LogP contribution in [-0.4, -0.2) is 11.8 Å². The molecule has 0 aromatic carbocycles. The van der Waals surface area contributed by atoms with Gasteiger partial charge >= 0.3 is 0 Å². The number of hydrogen-bond acceptors (Lipinski definition) is 2. The van der Waals surface area contributed by atoms with Crippen molar-refractivity contribution >= 4 is 5.71 Å². The van der Waals surface area contributed by atoms with Gasteiger partial charge in [-0.25, -0.2) is 0 Å². The van der Waals surface area contributed by atoms with Crippen LogP contribution in [-0.2, 0) is 0 Å². The van der Waals surface area contributed by atoms with Gasteiger partial charge in [-0.2, -0.15) is 5.10 Å². The highest BCUT2D eigenvalue weighted by Crippen LogP contribution is 2.43. The summed E-state index contributed by atoms with van der Waals surface area (Å²) in [6.07, 6.45) is 9.67. The van der Waals surface area contributed by atoms with Crippen molar-refractivity contribution in [2.45, 2.75) is 51.0 Å². The minimum atomic E-state index is 0.730. The molecule has 0 aromatic heterocycles. The summed E-state index contributed by atoms with van der Waals surface area (Å²) in [6.45, 7) is 0. The third-order valence-electron chi connectivity index (χ3n) is 3.54. The van der Waals surface area contributed by atoms with Crippen LogP contribution in [0.3, 0.4) is 0 Å². The Kier molecular flexibility index (Phi) is 1.81. The highest BCUT2D eigenvalue weighted by atomic mass is 15.3. The Morgan fingerprint density at radius 1 is 1.08 bits per heavy atom. The Morgan fingerprint density at radius 2 is 1.92 bits per heavy atom. The van der Waals surface area contributed by atoms with Gasteiger partial charge in [0.05, 0.1) is 0 Å². The van der Waals surface area contributed by atoms with Crippen LogP contribution in [0.25, 0.3) is 0 Å². The van der Waals surface area contributed by atoms with Gasteiger partial charge in [0.15, 0.2) is 0 Å². The Balaban J connectivity index is 1.62. The molecule has 1 N–H and O–H groups in total. The van der Waals surface area contributed by atoms with Gasteiger partial charge in [0.2, 0.25) is 0 Å². The first-order chi connectivity index (χ1) is 6.43. The molecule has 0 aromatic rings. The zero-order valence-electron chi connectivity index (χ0n) is 8.13. The fourth-order valence-electron chi connectivity index (χ4n) is 2.39. The standard InChI is InChI=1S/C11H18N2/c1-2-10(8-4-5-8)11(3-1)13-12-9-6-7-9/h8-10,12H,1-7H2/b13-11-. The molecule has 72 valence electrons. The normalized spacial score (nSPS) is 36.9. The SMILES string of the molecule is C1C/C(=N/NC2CC2)C(C2CC2)C1. The third-order valence-corrected chi connectivity index (χ3v) is 3.54. The number of hydrazone groups is 1. The van der Waals surface area contributed by atoms with Crippen molar-refractivity contribution < 1.29 is 0 Å². The molecule has 0 heterocycles. The van der Waals surface area contributed by atoms with Crippen LogP contribution < -0.4 is 5.43 Å². The second kappa shape index (κ2) is 3.00. The predicted molar refractivity (Wildman–Crippen MR) is 53.7 cm³/mol. The molecule has 0 aliphatic heterocycles. The van der Waals surface area contributed by atoms with E-state index in [1.807, 2.05) is 0 Å². The largest absolute Gasteiger partial charge is 0.307 e. The van der Waals surface area contributed by atoms with Crippen molar-refractivity contribution in [1.29, 1.82) is 0 Å². The second-order valence-electron chi connectivity index (χ2n) is 4.84. The lowest BCUT2D eigenvalue weighted by atomic mass is 10.0. The molecule has 0 amide bonds. The van der Waals surface area contributed by atoms with Crippen LogP contribution in [0.15, 0.2) is 5.10 Å². The molecule has 2 heteroatoms. The number of nitrogens with zero attached hydrogens (tertiary/aromatic N) is 1. The summed E-state index contributed by atoms with van der Waals surface area (Å²) in [6, 6.07) is 0.730. The van der Waals surface area contributed by atoms with Gasteiger partial charge in [-0.3, -0.25) is 0 Å². The average molecular weight is 178 g/mol. The van der Waals surface area contributed by atoms with E-state index < -0.39 is 0 Å². The van der Waals surface area contributed by atoms with E-state index in [9.17, 15) is 0 Å². The molecule has 1 atom stereocenters. The van der Waals surface area contributed by atoms with Crippen LogP contribution in [0.2, 0.25) is 0 Å². The summed E-state index contributed by atoms with van der Waals surface area (Å²) in [5.41, 5.74) is 4.79. The molecule has 3 saturated carbocycles. The summed E-state index contributed by atoms with van der Waals surface area (Å²) in [5, 5.41) is 4.59. The van der Waals surface area contributed by atoms with E-state index in [-0.39, 0.29) is 0 Å². The van der Waals surface area contributed by atoms with E-state index in [1.165, 1.54) is 50.7 Å². The first-order valence-corrected chi connectivity index (χ1v) is 5.75. The lowest BCUT2D eigenvalue weighted by Crippen LogP contribution is -2.16. The zero-order valence-corrected chi connectivity index (χ0v) is 8.13. The molecule has 1 unspecified atom stereocenters. The lowest BCUT2D eigenvalue weighted by molar-refractivity contribution is 0.583. The van der Waals surface area contributed by atoms with Crippen LogP contribution in [0.5, 0.6) is 0 Å². The van der Waals surface area contributed by atoms with E-state index in [1.54, 1.807) is 0 Å². The Morgan fingerprint density at radius 3 is 2.62 bits per heavy atom. The summed E-state index contributed by atoms with van der Waals surface area (Å²) in [5.74, 6) is 1.88. The van der Waals surface area contributed by atoms with Crippen LogP contribution in [0.4, 0.5) is 0 Å². The van der Waals surface area contributed by atoms with Crippen molar-refractivity contribution in [2.75, 3.05) is 0 Å². The summed E-state index contributed by atoms with van der Waals surface area (Å²) < 4.78 is 0. The average Bonchev–Trinajstić information content (AvgIpc) is 3.03. The van der Waals surface area contributed by atoms with Crippen LogP contribution in [0.1, 0.15) is 44.9 Å². The van der Waals surface area contributed by atoms with E-state index in [0.717, 1.165) is 17.9 Å². The molecular weight excluding hydrogens is 160 g/mol.